The first kappa shape index (κ1) is 14.0. The topological polar surface area (TPSA) is 44.8 Å². The SMILES string of the molecule is COc1ccccc1CC(=O)C1(OC)CCOCC1. The number of hydrogen-bond acceptors (Lipinski definition) is 4. The van der Waals surface area contributed by atoms with Gasteiger partial charge in [-0.15, -0.1) is 0 Å². The van der Waals surface area contributed by atoms with Crippen molar-refractivity contribution in [2.75, 3.05) is 27.4 Å². The van der Waals surface area contributed by atoms with Crippen molar-refractivity contribution in [3.05, 3.63) is 29.8 Å². The maximum atomic E-state index is 12.6. The number of carbonyl (C=O) groups is 1. The van der Waals surface area contributed by atoms with Crippen LogP contribution in [-0.2, 0) is 20.7 Å². The lowest BCUT2D eigenvalue weighted by molar-refractivity contribution is -0.152. The molecule has 1 saturated heterocycles. The summed E-state index contributed by atoms with van der Waals surface area (Å²) in [6.45, 7) is 1.15. The highest BCUT2D eigenvalue weighted by Gasteiger charge is 2.39. The third-order valence-corrected chi connectivity index (χ3v) is 3.74. The van der Waals surface area contributed by atoms with Gasteiger partial charge >= 0.3 is 0 Å². The fraction of sp³-hybridized carbons (Fsp3) is 0.533. The molecule has 4 nitrogen and oxygen atoms in total. The zero-order valence-corrected chi connectivity index (χ0v) is 11.5. The summed E-state index contributed by atoms with van der Waals surface area (Å²) >= 11 is 0. The van der Waals surface area contributed by atoms with Crippen LogP contribution in [0.2, 0.25) is 0 Å². The smallest absolute Gasteiger partial charge is 0.169 e. The molecule has 1 aliphatic rings. The predicted octanol–water partition coefficient (Wildman–Crippen LogP) is 2.00. The molecule has 0 unspecified atom stereocenters. The summed E-state index contributed by atoms with van der Waals surface area (Å²) < 4.78 is 16.1. The summed E-state index contributed by atoms with van der Waals surface area (Å²) in [7, 11) is 3.22. The summed E-state index contributed by atoms with van der Waals surface area (Å²) in [4.78, 5) is 12.6. The molecule has 0 radical (unpaired) electrons. The molecular formula is C15H20O4. The minimum absolute atomic E-state index is 0.0998. The minimum atomic E-state index is -0.695. The predicted molar refractivity (Wildman–Crippen MR) is 71.5 cm³/mol. The number of Topliss-reactive ketones (excluding diaryl/α,β-unsaturated/α-hetero) is 1. The van der Waals surface area contributed by atoms with Crippen molar-refractivity contribution in [2.24, 2.45) is 0 Å². The highest BCUT2D eigenvalue weighted by molar-refractivity contribution is 5.89. The Morgan fingerprint density at radius 3 is 2.58 bits per heavy atom. The van der Waals surface area contributed by atoms with E-state index in [1.54, 1.807) is 14.2 Å². The van der Waals surface area contributed by atoms with Gasteiger partial charge in [0.15, 0.2) is 5.78 Å². The van der Waals surface area contributed by atoms with Crippen molar-refractivity contribution < 1.29 is 19.0 Å². The van der Waals surface area contributed by atoms with Gasteiger partial charge in [-0.1, -0.05) is 18.2 Å². The van der Waals surface area contributed by atoms with E-state index in [4.69, 9.17) is 14.2 Å². The molecule has 0 bridgehead atoms. The maximum absolute atomic E-state index is 12.6. The van der Waals surface area contributed by atoms with Gasteiger partial charge in [-0.3, -0.25) is 4.79 Å². The Bertz CT molecular complexity index is 436. The number of carbonyl (C=O) groups excluding carboxylic acids is 1. The van der Waals surface area contributed by atoms with E-state index in [-0.39, 0.29) is 5.78 Å². The molecule has 2 rings (SSSR count). The Kier molecular flexibility index (Phi) is 4.56. The Labute approximate surface area is 113 Å². The Morgan fingerprint density at radius 2 is 1.95 bits per heavy atom. The molecule has 0 saturated carbocycles. The maximum Gasteiger partial charge on any atom is 0.169 e. The minimum Gasteiger partial charge on any atom is -0.496 e. The third kappa shape index (κ3) is 2.96. The summed E-state index contributed by atoms with van der Waals surface area (Å²) in [6, 6.07) is 7.59. The zero-order valence-electron chi connectivity index (χ0n) is 11.5. The van der Waals surface area contributed by atoms with Gasteiger partial charge in [-0.2, -0.15) is 0 Å². The van der Waals surface area contributed by atoms with E-state index in [0.717, 1.165) is 11.3 Å². The molecule has 0 spiro atoms. The number of benzene rings is 1. The molecule has 1 heterocycles. The zero-order chi connectivity index (χ0) is 13.7. The first-order valence-corrected chi connectivity index (χ1v) is 6.50. The molecule has 0 aromatic heterocycles. The number of rotatable bonds is 5. The van der Waals surface area contributed by atoms with E-state index in [0.29, 0.717) is 32.5 Å². The highest BCUT2D eigenvalue weighted by atomic mass is 16.5. The average Bonchev–Trinajstić information content (AvgIpc) is 2.48. The summed E-state index contributed by atoms with van der Waals surface area (Å²) in [6.07, 6.45) is 1.58. The first-order chi connectivity index (χ1) is 9.22. The van der Waals surface area contributed by atoms with Crippen LogP contribution in [0.5, 0.6) is 5.75 Å². The van der Waals surface area contributed by atoms with E-state index >= 15 is 0 Å². The summed E-state index contributed by atoms with van der Waals surface area (Å²) in [5.41, 5.74) is 0.206. The average molecular weight is 264 g/mol. The monoisotopic (exact) mass is 264 g/mol. The molecule has 0 amide bonds. The second-order valence-electron chi connectivity index (χ2n) is 4.72. The molecule has 0 atom stereocenters. The van der Waals surface area contributed by atoms with Gasteiger partial charge in [-0.25, -0.2) is 0 Å². The summed E-state index contributed by atoms with van der Waals surface area (Å²) in [5, 5.41) is 0. The van der Waals surface area contributed by atoms with Crippen LogP contribution < -0.4 is 4.74 Å². The molecule has 1 aliphatic heterocycles. The van der Waals surface area contributed by atoms with Crippen molar-refractivity contribution in [3.8, 4) is 5.75 Å². The van der Waals surface area contributed by atoms with Crippen LogP contribution in [0.25, 0.3) is 0 Å². The number of ether oxygens (including phenoxy) is 3. The fourth-order valence-corrected chi connectivity index (χ4v) is 2.48. The van der Waals surface area contributed by atoms with Gasteiger partial charge in [-0.05, 0) is 6.07 Å². The molecule has 1 fully saturated rings. The second-order valence-corrected chi connectivity index (χ2v) is 4.72. The quantitative estimate of drug-likeness (QED) is 0.816. The van der Waals surface area contributed by atoms with Crippen LogP contribution in [-0.4, -0.2) is 38.8 Å². The van der Waals surface area contributed by atoms with Crippen LogP contribution in [0, 0.1) is 0 Å². The molecular weight excluding hydrogens is 244 g/mol. The van der Waals surface area contributed by atoms with Gasteiger partial charge in [0, 0.05) is 45.1 Å². The van der Waals surface area contributed by atoms with Crippen LogP contribution in [0.1, 0.15) is 18.4 Å². The van der Waals surface area contributed by atoms with Crippen LogP contribution in [0.4, 0.5) is 0 Å². The Morgan fingerprint density at radius 1 is 1.26 bits per heavy atom. The van der Waals surface area contributed by atoms with Crippen molar-refractivity contribution in [2.45, 2.75) is 24.9 Å². The van der Waals surface area contributed by atoms with Gasteiger partial charge < -0.3 is 14.2 Å². The molecule has 4 heteroatoms. The second kappa shape index (κ2) is 6.17. The molecule has 0 aliphatic carbocycles. The van der Waals surface area contributed by atoms with Crippen molar-refractivity contribution in [1.29, 1.82) is 0 Å². The van der Waals surface area contributed by atoms with Crippen LogP contribution >= 0.6 is 0 Å². The van der Waals surface area contributed by atoms with Crippen molar-refractivity contribution in [3.63, 3.8) is 0 Å². The van der Waals surface area contributed by atoms with Gasteiger partial charge in [0.2, 0.25) is 0 Å². The van der Waals surface area contributed by atoms with Gasteiger partial charge in [0.25, 0.3) is 0 Å². The molecule has 0 N–H and O–H groups in total. The van der Waals surface area contributed by atoms with Crippen molar-refractivity contribution in [1.82, 2.24) is 0 Å². The first-order valence-electron chi connectivity index (χ1n) is 6.50. The number of methoxy groups -OCH3 is 2. The molecule has 1 aromatic rings. The van der Waals surface area contributed by atoms with E-state index in [9.17, 15) is 4.79 Å². The Hall–Kier alpha value is -1.39. The van der Waals surface area contributed by atoms with Crippen LogP contribution in [0.15, 0.2) is 24.3 Å². The largest absolute Gasteiger partial charge is 0.496 e. The lowest BCUT2D eigenvalue weighted by Crippen LogP contribution is -2.46. The summed E-state index contributed by atoms with van der Waals surface area (Å²) in [5.74, 6) is 0.844. The molecule has 104 valence electrons. The standard InChI is InChI=1S/C15H20O4/c1-17-13-6-4-3-5-12(13)11-14(16)15(18-2)7-9-19-10-8-15/h3-6H,7-11H2,1-2H3. The van der Waals surface area contributed by atoms with E-state index in [1.165, 1.54) is 0 Å². The van der Waals surface area contributed by atoms with Crippen LogP contribution in [0.3, 0.4) is 0 Å². The Balaban J connectivity index is 2.15. The van der Waals surface area contributed by atoms with E-state index in [1.807, 2.05) is 24.3 Å². The highest BCUT2D eigenvalue weighted by Crippen LogP contribution is 2.28. The van der Waals surface area contributed by atoms with E-state index < -0.39 is 5.60 Å². The fourth-order valence-electron chi connectivity index (χ4n) is 2.48. The third-order valence-electron chi connectivity index (χ3n) is 3.74. The normalized spacial score (nSPS) is 18.0. The lowest BCUT2D eigenvalue weighted by Gasteiger charge is -2.34. The van der Waals surface area contributed by atoms with Crippen molar-refractivity contribution >= 4 is 5.78 Å². The van der Waals surface area contributed by atoms with Gasteiger partial charge in [0.1, 0.15) is 11.4 Å². The lowest BCUT2D eigenvalue weighted by atomic mass is 9.86. The number of hydrogen-bond donors (Lipinski definition) is 0. The number of para-hydroxylation sites is 1. The van der Waals surface area contributed by atoms with Gasteiger partial charge in [0.05, 0.1) is 7.11 Å². The number of ketones is 1. The van der Waals surface area contributed by atoms with E-state index in [2.05, 4.69) is 0 Å². The molecule has 1 aromatic carbocycles. The molecule has 19 heavy (non-hydrogen) atoms.